The van der Waals surface area contributed by atoms with Crippen LogP contribution in [-0.4, -0.2) is 24.4 Å². The molecule has 1 aromatic rings. The summed E-state index contributed by atoms with van der Waals surface area (Å²) in [6, 6.07) is 7.23. The van der Waals surface area contributed by atoms with Gasteiger partial charge in [-0.3, -0.25) is 4.79 Å². The molecule has 1 unspecified atom stereocenters. The van der Waals surface area contributed by atoms with Crippen LogP contribution >= 0.6 is 23.2 Å². The fourth-order valence-electron chi connectivity index (χ4n) is 1.51. The quantitative estimate of drug-likeness (QED) is 0.853. The number of hydrogen-bond donors (Lipinski definition) is 0. The van der Waals surface area contributed by atoms with Crippen LogP contribution in [0.4, 0.5) is 0 Å². The van der Waals surface area contributed by atoms with Crippen molar-refractivity contribution in [2.75, 3.05) is 13.6 Å². The van der Waals surface area contributed by atoms with Gasteiger partial charge in [0.2, 0.25) is 5.91 Å². The summed E-state index contributed by atoms with van der Waals surface area (Å²) in [4.78, 5) is 13.5. The van der Waals surface area contributed by atoms with Crippen LogP contribution in [0.1, 0.15) is 12.5 Å². The summed E-state index contributed by atoms with van der Waals surface area (Å²) >= 11 is 11.7. The fourth-order valence-corrected chi connectivity index (χ4v) is 1.83. The SMILES string of the molecule is CC(C#N)CN(C)C(=O)Cc1ccc(Cl)c(Cl)c1. The maximum absolute atomic E-state index is 11.9. The van der Waals surface area contributed by atoms with E-state index in [1.807, 2.05) is 0 Å². The summed E-state index contributed by atoms with van der Waals surface area (Å²) in [5.41, 5.74) is 0.811. The van der Waals surface area contributed by atoms with Gasteiger partial charge in [-0.15, -0.1) is 0 Å². The minimum absolute atomic E-state index is 0.0458. The molecule has 0 aromatic heterocycles. The van der Waals surface area contributed by atoms with Gasteiger partial charge in [0.05, 0.1) is 28.5 Å². The maximum Gasteiger partial charge on any atom is 0.226 e. The second-order valence-corrected chi connectivity index (χ2v) is 5.04. The van der Waals surface area contributed by atoms with E-state index < -0.39 is 0 Å². The van der Waals surface area contributed by atoms with Crippen LogP contribution in [0.3, 0.4) is 0 Å². The molecule has 0 saturated heterocycles. The van der Waals surface area contributed by atoms with E-state index in [-0.39, 0.29) is 18.2 Å². The highest BCUT2D eigenvalue weighted by molar-refractivity contribution is 6.42. The molecule has 0 aliphatic rings. The van der Waals surface area contributed by atoms with Gasteiger partial charge in [0.25, 0.3) is 0 Å². The van der Waals surface area contributed by atoms with Crippen molar-refractivity contribution in [2.24, 2.45) is 5.92 Å². The van der Waals surface area contributed by atoms with Crippen molar-refractivity contribution in [1.29, 1.82) is 5.26 Å². The molecule has 0 spiro atoms. The van der Waals surface area contributed by atoms with Crippen LogP contribution < -0.4 is 0 Å². The van der Waals surface area contributed by atoms with Gasteiger partial charge in [0.15, 0.2) is 0 Å². The predicted octanol–water partition coefficient (Wildman–Crippen LogP) is 3.15. The van der Waals surface area contributed by atoms with Crippen LogP contribution in [-0.2, 0) is 11.2 Å². The van der Waals surface area contributed by atoms with Crippen molar-refractivity contribution in [3.63, 3.8) is 0 Å². The summed E-state index contributed by atoms with van der Waals surface area (Å²) in [6.45, 7) is 2.21. The fraction of sp³-hybridized carbons (Fsp3) is 0.385. The third-order valence-electron chi connectivity index (χ3n) is 2.53. The first kappa shape index (κ1) is 14.8. The zero-order chi connectivity index (χ0) is 13.7. The highest BCUT2D eigenvalue weighted by Gasteiger charge is 2.13. The monoisotopic (exact) mass is 284 g/mol. The van der Waals surface area contributed by atoms with Crippen molar-refractivity contribution in [1.82, 2.24) is 4.90 Å². The van der Waals surface area contributed by atoms with Gasteiger partial charge in [-0.05, 0) is 24.6 Å². The second-order valence-electron chi connectivity index (χ2n) is 4.23. The topological polar surface area (TPSA) is 44.1 Å². The highest BCUT2D eigenvalue weighted by Crippen LogP contribution is 2.22. The first-order valence-corrected chi connectivity index (χ1v) is 6.27. The molecule has 1 aromatic carbocycles. The van der Waals surface area contributed by atoms with Gasteiger partial charge in [-0.25, -0.2) is 0 Å². The van der Waals surface area contributed by atoms with Crippen LogP contribution in [0, 0.1) is 17.2 Å². The van der Waals surface area contributed by atoms with Crippen molar-refractivity contribution in [3.05, 3.63) is 33.8 Å². The molecule has 1 amide bonds. The molecule has 0 aliphatic heterocycles. The van der Waals surface area contributed by atoms with E-state index in [1.54, 1.807) is 37.1 Å². The number of likely N-dealkylation sites (N-methyl/N-ethyl adjacent to an activating group) is 1. The van der Waals surface area contributed by atoms with Gasteiger partial charge < -0.3 is 4.90 Å². The molecule has 96 valence electrons. The number of halogens is 2. The number of amides is 1. The maximum atomic E-state index is 11.9. The van der Waals surface area contributed by atoms with E-state index in [0.29, 0.717) is 16.6 Å². The summed E-state index contributed by atoms with van der Waals surface area (Å²) in [7, 11) is 1.69. The Morgan fingerprint density at radius 2 is 2.11 bits per heavy atom. The number of carbonyl (C=O) groups is 1. The molecular weight excluding hydrogens is 271 g/mol. The zero-order valence-electron chi connectivity index (χ0n) is 10.3. The molecule has 1 atom stereocenters. The molecule has 0 bridgehead atoms. The summed E-state index contributed by atoms with van der Waals surface area (Å²) in [5.74, 6) is -0.219. The van der Waals surface area contributed by atoms with Gasteiger partial charge in [0, 0.05) is 13.6 Å². The molecule has 18 heavy (non-hydrogen) atoms. The summed E-state index contributed by atoms with van der Waals surface area (Å²) in [6.07, 6.45) is 0.255. The van der Waals surface area contributed by atoms with Crippen LogP contribution in [0.15, 0.2) is 18.2 Å². The standard InChI is InChI=1S/C13H14Cl2N2O/c1-9(7-16)8-17(2)13(18)6-10-3-4-11(14)12(15)5-10/h3-5,9H,6,8H2,1-2H3. The van der Waals surface area contributed by atoms with E-state index >= 15 is 0 Å². The smallest absolute Gasteiger partial charge is 0.226 e. The minimum atomic E-state index is -0.173. The third kappa shape index (κ3) is 4.21. The third-order valence-corrected chi connectivity index (χ3v) is 3.27. The van der Waals surface area contributed by atoms with Crippen LogP contribution in [0.2, 0.25) is 10.0 Å². The Labute approximate surface area is 117 Å². The van der Waals surface area contributed by atoms with Crippen molar-refractivity contribution >= 4 is 29.1 Å². The van der Waals surface area contributed by atoms with E-state index in [4.69, 9.17) is 28.5 Å². The molecule has 0 radical (unpaired) electrons. The molecule has 0 fully saturated rings. The molecule has 1 rings (SSSR count). The number of nitrogens with zero attached hydrogens (tertiary/aromatic N) is 2. The Morgan fingerprint density at radius 3 is 2.67 bits per heavy atom. The van der Waals surface area contributed by atoms with Gasteiger partial charge in [-0.1, -0.05) is 29.3 Å². The molecular formula is C13H14Cl2N2O. The van der Waals surface area contributed by atoms with Crippen LogP contribution in [0.25, 0.3) is 0 Å². The van der Waals surface area contributed by atoms with E-state index in [2.05, 4.69) is 6.07 Å². The minimum Gasteiger partial charge on any atom is -0.344 e. The molecule has 0 N–H and O–H groups in total. The Balaban J connectivity index is 2.64. The lowest BCUT2D eigenvalue weighted by molar-refractivity contribution is -0.129. The van der Waals surface area contributed by atoms with E-state index in [0.717, 1.165) is 5.56 Å². The molecule has 0 aliphatic carbocycles. The average Bonchev–Trinajstić information content (AvgIpc) is 2.33. The van der Waals surface area contributed by atoms with Crippen molar-refractivity contribution < 1.29 is 4.79 Å². The Kier molecular flexibility index (Phi) is 5.46. The lowest BCUT2D eigenvalue weighted by Gasteiger charge is -2.18. The molecule has 5 heteroatoms. The first-order valence-electron chi connectivity index (χ1n) is 5.51. The lowest BCUT2D eigenvalue weighted by Crippen LogP contribution is -2.31. The Hall–Kier alpha value is -1.24. The molecule has 3 nitrogen and oxygen atoms in total. The number of hydrogen-bond acceptors (Lipinski definition) is 2. The average molecular weight is 285 g/mol. The number of carbonyl (C=O) groups excluding carboxylic acids is 1. The summed E-state index contributed by atoms with van der Waals surface area (Å²) < 4.78 is 0. The second kappa shape index (κ2) is 6.63. The number of nitriles is 1. The van der Waals surface area contributed by atoms with Crippen molar-refractivity contribution in [2.45, 2.75) is 13.3 Å². The predicted molar refractivity (Wildman–Crippen MR) is 72.6 cm³/mol. The first-order chi connectivity index (χ1) is 8.43. The Morgan fingerprint density at radius 1 is 1.44 bits per heavy atom. The Bertz CT molecular complexity index is 482. The number of rotatable bonds is 4. The molecule has 0 saturated carbocycles. The number of benzene rings is 1. The van der Waals surface area contributed by atoms with Crippen molar-refractivity contribution in [3.8, 4) is 6.07 Å². The van der Waals surface area contributed by atoms with Crippen LogP contribution in [0.5, 0.6) is 0 Å². The zero-order valence-corrected chi connectivity index (χ0v) is 11.8. The largest absolute Gasteiger partial charge is 0.344 e. The van der Waals surface area contributed by atoms with E-state index in [1.165, 1.54) is 0 Å². The molecule has 0 heterocycles. The summed E-state index contributed by atoms with van der Waals surface area (Å²) in [5, 5.41) is 9.61. The van der Waals surface area contributed by atoms with Gasteiger partial charge in [0.1, 0.15) is 0 Å². The van der Waals surface area contributed by atoms with Gasteiger partial charge >= 0.3 is 0 Å². The van der Waals surface area contributed by atoms with E-state index in [9.17, 15) is 4.79 Å². The lowest BCUT2D eigenvalue weighted by atomic mass is 10.1. The highest BCUT2D eigenvalue weighted by atomic mass is 35.5. The normalized spacial score (nSPS) is 11.7. The van der Waals surface area contributed by atoms with Gasteiger partial charge in [-0.2, -0.15) is 5.26 Å².